The summed E-state index contributed by atoms with van der Waals surface area (Å²) in [5.41, 5.74) is -1.55. The van der Waals surface area contributed by atoms with Gasteiger partial charge in [-0.25, -0.2) is 16.8 Å². The molecule has 0 spiro atoms. The van der Waals surface area contributed by atoms with Gasteiger partial charge in [0.2, 0.25) is 19.7 Å². The number of ether oxygens (including phenoxy) is 6. The first-order valence-corrected chi connectivity index (χ1v) is 17.6. The minimum absolute atomic E-state index is 0.0640. The SMILES string of the molecule is CO[C@H]1CC[C@@H]2O[C@@H](S(=O)(=O)c3ccccc3)CC[C@@H]2O1.CO[C@H]1CC[C@@H]2O[C@@H](S(=O)(=O)c3ccccc3)CC[C@@H]2O1. The molecule has 6 rings (SSSR count). The van der Waals surface area contributed by atoms with Crippen LogP contribution in [0.3, 0.4) is 0 Å². The molecule has 0 amide bonds. The van der Waals surface area contributed by atoms with Crippen LogP contribution in [0.4, 0.5) is 0 Å². The highest BCUT2D eigenvalue weighted by Gasteiger charge is 2.43. The van der Waals surface area contributed by atoms with Crippen molar-refractivity contribution in [3.63, 3.8) is 0 Å². The van der Waals surface area contributed by atoms with Crippen molar-refractivity contribution >= 4 is 19.7 Å². The van der Waals surface area contributed by atoms with Gasteiger partial charge in [-0.3, -0.25) is 0 Å². The summed E-state index contributed by atoms with van der Waals surface area (Å²) in [4.78, 5) is 0.639. The van der Waals surface area contributed by atoms with Gasteiger partial charge in [-0.2, -0.15) is 0 Å². The summed E-state index contributed by atoms with van der Waals surface area (Å²) in [5.74, 6) is 0. The molecule has 4 fully saturated rings. The van der Waals surface area contributed by atoms with Crippen molar-refractivity contribution in [3.8, 4) is 0 Å². The summed E-state index contributed by atoms with van der Waals surface area (Å²) in [5, 5.41) is 0. The average Bonchev–Trinajstić information content (AvgIpc) is 3.04. The minimum Gasteiger partial charge on any atom is -0.356 e. The van der Waals surface area contributed by atoms with E-state index in [0.29, 0.717) is 35.5 Å². The first-order valence-electron chi connectivity index (χ1n) is 14.5. The Kier molecular flexibility index (Phi) is 10.4. The smallest absolute Gasteiger partial charge is 0.205 e. The van der Waals surface area contributed by atoms with Gasteiger partial charge in [0, 0.05) is 27.1 Å². The molecule has 0 aliphatic carbocycles. The summed E-state index contributed by atoms with van der Waals surface area (Å²) >= 11 is 0. The summed E-state index contributed by atoms with van der Waals surface area (Å²) in [6, 6.07) is 17.0. The molecule has 0 unspecified atom stereocenters. The van der Waals surface area contributed by atoms with E-state index in [9.17, 15) is 16.8 Å². The van der Waals surface area contributed by atoms with Crippen molar-refractivity contribution in [1.82, 2.24) is 0 Å². The van der Waals surface area contributed by atoms with Crippen LogP contribution in [0.5, 0.6) is 0 Å². The molecule has 4 heterocycles. The molecule has 0 saturated carbocycles. The number of methoxy groups -OCH3 is 2. The molecule has 42 heavy (non-hydrogen) atoms. The molecule has 8 atom stereocenters. The Hall–Kier alpha value is -1.90. The molecule has 4 saturated heterocycles. The maximum absolute atomic E-state index is 12.6. The average molecular weight is 625 g/mol. The van der Waals surface area contributed by atoms with Crippen molar-refractivity contribution in [2.75, 3.05) is 14.2 Å². The summed E-state index contributed by atoms with van der Waals surface area (Å²) in [6.07, 6.45) is 4.43. The van der Waals surface area contributed by atoms with Crippen molar-refractivity contribution in [1.29, 1.82) is 0 Å². The van der Waals surface area contributed by atoms with E-state index in [1.165, 1.54) is 0 Å². The third kappa shape index (κ3) is 7.07. The van der Waals surface area contributed by atoms with Crippen molar-refractivity contribution in [2.24, 2.45) is 0 Å². The molecular formula is C30H40O10S2. The minimum atomic E-state index is -3.44. The first-order chi connectivity index (χ1) is 20.2. The Bertz CT molecular complexity index is 1250. The summed E-state index contributed by atoms with van der Waals surface area (Å²) < 4.78 is 84.0. The van der Waals surface area contributed by atoms with Gasteiger partial charge >= 0.3 is 0 Å². The number of hydrogen-bond donors (Lipinski definition) is 0. The van der Waals surface area contributed by atoms with E-state index in [1.54, 1.807) is 74.9 Å². The lowest BCUT2D eigenvalue weighted by Gasteiger charge is -2.41. The lowest BCUT2D eigenvalue weighted by molar-refractivity contribution is -0.238. The van der Waals surface area contributed by atoms with Crippen LogP contribution in [0.15, 0.2) is 70.5 Å². The Morgan fingerprint density at radius 2 is 0.833 bits per heavy atom. The standard InChI is InChI=1S/2C15H20O5S/c2*1-18-14-9-7-13-12(19-14)8-10-15(20-13)21(16,17)11-5-3-2-4-6-11/h2*2-6,12-15H,7-10H2,1H3/t2*12-,13-,14+,15-/m00/s1. The van der Waals surface area contributed by atoms with Crippen LogP contribution in [0.1, 0.15) is 51.4 Å². The van der Waals surface area contributed by atoms with Crippen LogP contribution < -0.4 is 0 Å². The third-order valence-electron chi connectivity index (χ3n) is 8.24. The molecule has 0 aromatic heterocycles. The predicted molar refractivity (Wildman–Crippen MR) is 153 cm³/mol. The topological polar surface area (TPSA) is 124 Å². The van der Waals surface area contributed by atoms with Crippen molar-refractivity contribution in [3.05, 3.63) is 60.7 Å². The molecule has 0 radical (unpaired) electrons. The van der Waals surface area contributed by atoms with E-state index in [1.807, 2.05) is 0 Å². The van der Waals surface area contributed by atoms with E-state index in [-0.39, 0.29) is 37.0 Å². The number of fused-ring (bicyclic) bond motifs is 2. The van der Waals surface area contributed by atoms with Crippen LogP contribution in [-0.2, 0) is 48.1 Å². The van der Waals surface area contributed by atoms with Crippen LogP contribution in [-0.4, -0.2) is 78.9 Å². The molecule has 10 nitrogen and oxygen atoms in total. The quantitative estimate of drug-likeness (QED) is 0.461. The molecule has 4 aliphatic rings. The van der Waals surface area contributed by atoms with Crippen molar-refractivity contribution < 1.29 is 45.3 Å². The van der Waals surface area contributed by atoms with Crippen molar-refractivity contribution in [2.45, 2.75) is 109 Å². The fraction of sp³-hybridized carbons (Fsp3) is 0.600. The molecule has 0 N–H and O–H groups in total. The van der Waals surface area contributed by atoms with E-state index in [4.69, 9.17) is 28.4 Å². The molecule has 0 bridgehead atoms. The Labute approximate surface area is 248 Å². The zero-order valence-corrected chi connectivity index (χ0v) is 25.6. The number of rotatable bonds is 6. The number of hydrogen-bond acceptors (Lipinski definition) is 10. The van der Waals surface area contributed by atoms with Gasteiger partial charge in [0.25, 0.3) is 0 Å². The largest absolute Gasteiger partial charge is 0.356 e. The van der Waals surface area contributed by atoms with E-state index in [2.05, 4.69) is 0 Å². The summed E-state index contributed by atoms with van der Waals surface area (Å²) in [6.45, 7) is 0. The molecule has 4 aliphatic heterocycles. The van der Waals surface area contributed by atoms with Gasteiger partial charge < -0.3 is 28.4 Å². The third-order valence-corrected chi connectivity index (χ3v) is 12.2. The summed E-state index contributed by atoms with van der Waals surface area (Å²) in [7, 11) is -3.64. The molecule has 232 valence electrons. The van der Waals surface area contributed by atoms with Crippen LogP contribution in [0.25, 0.3) is 0 Å². The fourth-order valence-corrected chi connectivity index (χ4v) is 9.10. The molecular weight excluding hydrogens is 584 g/mol. The Morgan fingerprint density at radius 1 is 0.500 bits per heavy atom. The molecule has 2 aromatic carbocycles. The predicted octanol–water partition coefficient (Wildman–Crippen LogP) is 4.23. The van der Waals surface area contributed by atoms with Crippen LogP contribution >= 0.6 is 0 Å². The highest BCUT2D eigenvalue weighted by molar-refractivity contribution is 7.92. The van der Waals surface area contributed by atoms with E-state index in [0.717, 1.165) is 25.7 Å². The molecule has 12 heteroatoms. The fourth-order valence-electron chi connectivity index (χ4n) is 5.95. The maximum Gasteiger partial charge on any atom is 0.205 e. The van der Waals surface area contributed by atoms with Gasteiger partial charge in [0.15, 0.2) is 23.5 Å². The lowest BCUT2D eigenvalue weighted by atomic mass is 9.98. The Balaban J connectivity index is 0.000000168. The second-order valence-electron chi connectivity index (χ2n) is 10.9. The zero-order chi connectivity index (χ0) is 29.7. The highest BCUT2D eigenvalue weighted by atomic mass is 32.2. The van der Waals surface area contributed by atoms with Gasteiger partial charge in [0.1, 0.15) is 0 Å². The monoisotopic (exact) mass is 624 g/mol. The maximum atomic E-state index is 12.6. The number of sulfone groups is 2. The molecule has 2 aromatic rings. The second kappa shape index (κ2) is 13.8. The van der Waals surface area contributed by atoms with Gasteiger partial charge in [-0.1, -0.05) is 36.4 Å². The van der Waals surface area contributed by atoms with E-state index >= 15 is 0 Å². The Morgan fingerprint density at radius 3 is 1.19 bits per heavy atom. The van der Waals surface area contributed by atoms with Gasteiger partial charge in [-0.05, 0) is 62.8 Å². The van der Waals surface area contributed by atoms with E-state index < -0.39 is 30.5 Å². The number of benzene rings is 2. The zero-order valence-electron chi connectivity index (χ0n) is 23.9. The van der Waals surface area contributed by atoms with Gasteiger partial charge in [-0.15, -0.1) is 0 Å². The normalized spacial score (nSPS) is 33.4. The van der Waals surface area contributed by atoms with Gasteiger partial charge in [0.05, 0.1) is 34.2 Å². The highest BCUT2D eigenvalue weighted by Crippen LogP contribution is 2.36. The lowest BCUT2D eigenvalue weighted by Crippen LogP contribution is -2.48. The van der Waals surface area contributed by atoms with Crippen LogP contribution in [0, 0.1) is 0 Å². The van der Waals surface area contributed by atoms with Crippen LogP contribution in [0.2, 0.25) is 0 Å². The second-order valence-corrected chi connectivity index (χ2v) is 15.1. The first kappa shape index (κ1) is 31.5.